The van der Waals surface area contributed by atoms with Gasteiger partial charge in [0.1, 0.15) is 4.83 Å². The highest BCUT2D eigenvalue weighted by Crippen LogP contribution is 2.34. The number of para-hydroxylation sites is 1. The monoisotopic (exact) mass is 317 g/mol. The summed E-state index contributed by atoms with van der Waals surface area (Å²) in [5.74, 6) is -0.00961. The van der Waals surface area contributed by atoms with E-state index in [0.717, 1.165) is 31.6 Å². The van der Waals surface area contributed by atoms with Gasteiger partial charge in [-0.15, -0.1) is 11.3 Å². The number of nitrogens with zero attached hydrogens (tertiary/aromatic N) is 1. The van der Waals surface area contributed by atoms with Crippen LogP contribution in [0.2, 0.25) is 0 Å². The van der Waals surface area contributed by atoms with E-state index in [9.17, 15) is 4.79 Å². The van der Waals surface area contributed by atoms with Gasteiger partial charge in [-0.1, -0.05) is 36.5 Å². The summed E-state index contributed by atoms with van der Waals surface area (Å²) in [5, 5.41) is 7.01. The van der Waals surface area contributed by atoms with Gasteiger partial charge >= 0.3 is 0 Å². The highest BCUT2D eigenvalue weighted by atomic mass is 32.1. The fourth-order valence-electron chi connectivity index (χ4n) is 1.87. The highest BCUT2D eigenvalue weighted by Gasteiger charge is 2.13. The first-order valence-electron chi connectivity index (χ1n) is 6.77. The fraction of sp³-hybridized carbons (Fsp3) is 0.200. The van der Waals surface area contributed by atoms with Crippen molar-refractivity contribution in [3.63, 3.8) is 0 Å². The van der Waals surface area contributed by atoms with Crippen molar-refractivity contribution in [2.24, 2.45) is 0 Å². The van der Waals surface area contributed by atoms with Gasteiger partial charge in [-0.3, -0.25) is 4.79 Å². The molecule has 0 bridgehead atoms. The number of amides is 1. The molecule has 0 atom stereocenters. The molecule has 3 aromatic rings. The van der Waals surface area contributed by atoms with Crippen LogP contribution in [-0.4, -0.2) is 17.4 Å². The summed E-state index contributed by atoms with van der Waals surface area (Å²) < 4.78 is 1.04. The summed E-state index contributed by atoms with van der Waals surface area (Å²) >= 11 is 3.00. The number of carbonyl (C=O) groups excluding carboxylic acids is 1. The molecule has 2 N–H and O–H groups in total. The molecule has 0 aliphatic heterocycles. The van der Waals surface area contributed by atoms with Crippen molar-refractivity contribution >= 4 is 48.9 Å². The average Bonchev–Trinajstić information content (AvgIpc) is 3.04. The third-order valence-corrected chi connectivity index (χ3v) is 4.95. The molecule has 4 nitrogen and oxygen atoms in total. The Hall–Kier alpha value is -1.92. The van der Waals surface area contributed by atoms with E-state index in [1.165, 1.54) is 11.3 Å². The van der Waals surface area contributed by atoms with Crippen LogP contribution in [-0.2, 0) is 0 Å². The molecule has 0 radical (unpaired) electrons. The first-order valence-corrected chi connectivity index (χ1v) is 8.40. The summed E-state index contributed by atoms with van der Waals surface area (Å²) in [6.07, 6.45) is 0.939. The number of nitrogens with one attached hydrogen (secondary N) is 2. The smallest absolute Gasteiger partial charge is 0.261 e. The number of thiazole rings is 1. The number of thiophene rings is 1. The van der Waals surface area contributed by atoms with Crippen molar-refractivity contribution < 1.29 is 4.79 Å². The molecule has 0 fully saturated rings. The average molecular weight is 317 g/mol. The molecule has 21 heavy (non-hydrogen) atoms. The van der Waals surface area contributed by atoms with E-state index in [-0.39, 0.29) is 5.91 Å². The van der Waals surface area contributed by atoms with Gasteiger partial charge in [-0.05, 0) is 24.6 Å². The summed E-state index contributed by atoms with van der Waals surface area (Å²) in [4.78, 5) is 18.1. The summed E-state index contributed by atoms with van der Waals surface area (Å²) in [5.41, 5.74) is 1.01. The van der Waals surface area contributed by atoms with Gasteiger partial charge in [0.05, 0.1) is 9.58 Å². The first kappa shape index (κ1) is 14.0. The van der Waals surface area contributed by atoms with Gasteiger partial charge < -0.3 is 10.6 Å². The van der Waals surface area contributed by atoms with Gasteiger partial charge in [0, 0.05) is 12.2 Å². The fourth-order valence-corrected chi connectivity index (χ4v) is 3.92. The van der Waals surface area contributed by atoms with Gasteiger partial charge in [0.15, 0.2) is 5.13 Å². The maximum Gasteiger partial charge on any atom is 0.261 e. The number of anilines is 2. The molecule has 0 spiro atoms. The van der Waals surface area contributed by atoms with Crippen molar-refractivity contribution in [3.8, 4) is 0 Å². The van der Waals surface area contributed by atoms with E-state index in [1.807, 2.05) is 43.3 Å². The maximum absolute atomic E-state index is 11.9. The number of hydrogen-bond acceptors (Lipinski definition) is 5. The highest BCUT2D eigenvalue weighted by molar-refractivity contribution is 7.29. The lowest BCUT2D eigenvalue weighted by Gasteiger charge is -2.00. The third-order valence-electron chi connectivity index (χ3n) is 2.87. The Morgan fingerprint density at radius 2 is 2.05 bits per heavy atom. The second-order valence-electron chi connectivity index (χ2n) is 4.55. The van der Waals surface area contributed by atoms with Crippen LogP contribution in [0.5, 0.6) is 0 Å². The van der Waals surface area contributed by atoms with Crippen LogP contribution in [0.3, 0.4) is 0 Å². The van der Waals surface area contributed by atoms with Crippen molar-refractivity contribution in [1.82, 2.24) is 10.3 Å². The minimum Gasteiger partial charge on any atom is -0.351 e. The largest absolute Gasteiger partial charge is 0.351 e. The van der Waals surface area contributed by atoms with Gasteiger partial charge in [0.2, 0.25) is 0 Å². The molecular formula is C15H15N3OS2. The number of carbonyl (C=O) groups is 1. The molecule has 2 aromatic heterocycles. The van der Waals surface area contributed by atoms with Crippen LogP contribution in [0.4, 0.5) is 10.8 Å². The predicted molar refractivity (Wildman–Crippen MR) is 89.8 cm³/mol. The van der Waals surface area contributed by atoms with Crippen LogP contribution in [0.1, 0.15) is 23.0 Å². The van der Waals surface area contributed by atoms with E-state index in [4.69, 9.17) is 0 Å². The molecule has 0 saturated heterocycles. The van der Waals surface area contributed by atoms with Crippen molar-refractivity contribution in [3.05, 3.63) is 41.3 Å². The molecule has 0 saturated carbocycles. The number of benzene rings is 1. The zero-order chi connectivity index (χ0) is 14.7. The van der Waals surface area contributed by atoms with E-state index < -0.39 is 0 Å². The predicted octanol–water partition coefficient (Wildman–Crippen LogP) is 4.24. The molecular weight excluding hydrogens is 302 g/mol. The Bertz CT molecular complexity index is 717. The Labute approximate surface area is 130 Å². The lowest BCUT2D eigenvalue weighted by molar-refractivity contribution is 0.0958. The van der Waals surface area contributed by atoms with Crippen molar-refractivity contribution in [1.29, 1.82) is 0 Å². The standard InChI is InChI=1S/C15H15N3OS2/c1-2-8-16-13(19)11-9-12-14(20-11)18-15(21-12)17-10-6-4-3-5-7-10/h3-7,9H,2,8H2,1H3,(H,16,19)(H,17,18). The zero-order valence-corrected chi connectivity index (χ0v) is 13.2. The van der Waals surface area contributed by atoms with Crippen LogP contribution in [0.15, 0.2) is 36.4 Å². The molecule has 2 heterocycles. The topological polar surface area (TPSA) is 54.0 Å². The Morgan fingerprint density at radius 1 is 1.24 bits per heavy atom. The van der Waals surface area contributed by atoms with Crippen LogP contribution < -0.4 is 10.6 Å². The van der Waals surface area contributed by atoms with Gasteiger partial charge in [-0.2, -0.15) is 0 Å². The minimum absolute atomic E-state index is 0.00961. The normalized spacial score (nSPS) is 10.7. The SMILES string of the molecule is CCCNC(=O)c1cc2sc(Nc3ccccc3)nc2s1. The van der Waals surface area contributed by atoms with Crippen LogP contribution in [0.25, 0.3) is 9.53 Å². The number of hydrogen-bond donors (Lipinski definition) is 2. The summed E-state index contributed by atoms with van der Waals surface area (Å²) in [6, 6.07) is 11.9. The van der Waals surface area contributed by atoms with E-state index in [2.05, 4.69) is 15.6 Å². The maximum atomic E-state index is 11.9. The Morgan fingerprint density at radius 3 is 2.76 bits per heavy atom. The Kier molecular flexibility index (Phi) is 4.17. The van der Waals surface area contributed by atoms with E-state index in [1.54, 1.807) is 11.3 Å². The third kappa shape index (κ3) is 3.22. The van der Waals surface area contributed by atoms with E-state index >= 15 is 0 Å². The first-order chi connectivity index (χ1) is 10.3. The molecule has 0 unspecified atom stereocenters. The lowest BCUT2D eigenvalue weighted by atomic mass is 10.3. The molecule has 3 rings (SSSR count). The van der Waals surface area contributed by atoms with Crippen LogP contribution >= 0.6 is 22.7 Å². The minimum atomic E-state index is -0.00961. The summed E-state index contributed by atoms with van der Waals surface area (Å²) in [7, 11) is 0. The second kappa shape index (κ2) is 6.24. The lowest BCUT2D eigenvalue weighted by Crippen LogP contribution is -2.22. The van der Waals surface area contributed by atoms with E-state index in [0.29, 0.717) is 6.54 Å². The zero-order valence-electron chi connectivity index (χ0n) is 11.6. The van der Waals surface area contributed by atoms with Gasteiger partial charge in [-0.25, -0.2) is 4.98 Å². The quantitative estimate of drug-likeness (QED) is 0.740. The molecule has 1 amide bonds. The molecule has 1 aromatic carbocycles. The number of rotatable bonds is 5. The molecule has 0 aliphatic rings. The second-order valence-corrected chi connectivity index (χ2v) is 6.61. The van der Waals surface area contributed by atoms with Crippen molar-refractivity contribution in [2.75, 3.05) is 11.9 Å². The molecule has 6 heteroatoms. The Balaban J connectivity index is 1.76. The van der Waals surface area contributed by atoms with Crippen LogP contribution in [0, 0.1) is 0 Å². The summed E-state index contributed by atoms with van der Waals surface area (Å²) in [6.45, 7) is 2.75. The molecule has 0 aliphatic carbocycles. The molecule has 108 valence electrons. The number of fused-ring (bicyclic) bond motifs is 1. The van der Waals surface area contributed by atoms with Crippen molar-refractivity contribution in [2.45, 2.75) is 13.3 Å². The number of aromatic nitrogens is 1. The van der Waals surface area contributed by atoms with Gasteiger partial charge in [0.25, 0.3) is 5.91 Å².